The van der Waals surface area contributed by atoms with Gasteiger partial charge in [-0.2, -0.15) is 5.10 Å². The summed E-state index contributed by atoms with van der Waals surface area (Å²) in [5.41, 5.74) is 7.90. The van der Waals surface area contributed by atoms with Gasteiger partial charge in [0.15, 0.2) is 0 Å². The first kappa shape index (κ1) is 12.7. The summed E-state index contributed by atoms with van der Waals surface area (Å²) in [6.45, 7) is 3.89. The van der Waals surface area contributed by atoms with Crippen LogP contribution in [0, 0.1) is 6.92 Å². The Morgan fingerprint density at radius 1 is 1.69 bits per heavy atom. The second-order valence-electron chi connectivity index (χ2n) is 4.09. The van der Waals surface area contributed by atoms with E-state index >= 15 is 0 Å². The summed E-state index contributed by atoms with van der Waals surface area (Å²) in [5, 5.41) is 13.0. The highest BCUT2D eigenvalue weighted by Gasteiger charge is 2.24. The van der Waals surface area contributed by atoms with E-state index in [9.17, 15) is 4.79 Å². The first-order valence-electron chi connectivity index (χ1n) is 5.43. The molecule has 5 nitrogen and oxygen atoms in total. The number of hydrogen-bond donors (Lipinski definition) is 2. The molecule has 16 heavy (non-hydrogen) atoms. The van der Waals surface area contributed by atoms with Crippen LogP contribution in [0.4, 0.5) is 0 Å². The highest BCUT2D eigenvalue weighted by atomic mass is 16.4. The highest BCUT2D eigenvalue weighted by Crippen LogP contribution is 2.26. The molecule has 0 spiro atoms. The molecule has 2 atom stereocenters. The van der Waals surface area contributed by atoms with Gasteiger partial charge in [-0.05, 0) is 18.9 Å². The third-order valence-electron chi connectivity index (χ3n) is 3.06. The van der Waals surface area contributed by atoms with Gasteiger partial charge in [0.05, 0.1) is 12.6 Å². The van der Waals surface area contributed by atoms with Crippen molar-refractivity contribution < 1.29 is 9.90 Å². The Labute approximate surface area is 95.3 Å². The van der Waals surface area contributed by atoms with E-state index in [0.717, 1.165) is 17.7 Å². The van der Waals surface area contributed by atoms with Crippen LogP contribution >= 0.6 is 0 Å². The molecule has 0 saturated heterocycles. The fourth-order valence-corrected chi connectivity index (χ4v) is 1.84. The first-order valence-corrected chi connectivity index (χ1v) is 5.43. The fraction of sp³-hybridized carbons (Fsp3) is 0.636. The molecule has 0 radical (unpaired) electrons. The van der Waals surface area contributed by atoms with E-state index in [-0.39, 0.29) is 18.4 Å². The molecule has 0 aliphatic heterocycles. The van der Waals surface area contributed by atoms with E-state index in [1.165, 1.54) is 0 Å². The lowest BCUT2D eigenvalue weighted by atomic mass is 9.88. The molecule has 0 amide bonds. The minimum absolute atomic E-state index is 0.0571. The molecular weight excluding hydrogens is 206 g/mol. The maximum absolute atomic E-state index is 10.8. The summed E-state index contributed by atoms with van der Waals surface area (Å²) in [4.78, 5) is 10.8. The number of nitrogens with zero attached hydrogens (tertiary/aromatic N) is 2. The summed E-state index contributed by atoms with van der Waals surface area (Å²) in [6, 6.07) is -0.140. The van der Waals surface area contributed by atoms with Crippen LogP contribution in [0.1, 0.15) is 36.9 Å². The van der Waals surface area contributed by atoms with Gasteiger partial charge in [-0.1, -0.05) is 6.92 Å². The third kappa shape index (κ3) is 2.61. The molecule has 3 N–H and O–H groups in total. The van der Waals surface area contributed by atoms with Crippen molar-refractivity contribution in [1.29, 1.82) is 0 Å². The molecule has 1 aromatic rings. The molecule has 0 fully saturated rings. The molecular formula is C11H19N3O2. The SMILES string of the molecule is CCC(N)C(CC(=O)O)c1cnn(C)c1C. The van der Waals surface area contributed by atoms with E-state index in [4.69, 9.17) is 10.8 Å². The zero-order valence-corrected chi connectivity index (χ0v) is 9.97. The van der Waals surface area contributed by atoms with Crippen molar-refractivity contribution in [1.82, 2.24) is 9.78 Å². The van der Waals surface area contributed by atoms with E-state index in [1.807, 2.05) is 20.9 Å². The van der Waals surface area contributed by atoms with Crippen molar-refractivity contribution in [2.75, 3.05) is 0 Å². The lowest BCUT2D eigenvalue weighted by Gasteiger charge is -2.21. The minimum atomic E-state index is -0.822. The average molecular weight is 225 g/mol. The number of aryl methyl sites for hydroxylation is 1. The molecule has 5 heteroatoms. The molecule has 0 aliphatic carbocycles. The van der Waals surface area contributed by atoms with Gasteiger partial charge in [0, 0.05) is 24.7 Å². The lowest BCUT2D eigenvalue weighted by molar-refractivity contribution is -0.137. The van der Waals surface area contributed by atoms with Crippen LogP contribution in [0.3, 0.4) is 0 Å². The smallest absolute Gasteiger partial charge is 0.304 e. The van der Waals surface area contributed by atoms with Crippen molar-refractivity contribution in [3.05, 3.63) is 17.5 Å². The number of carboxylic acid groups (broad SMARTS) is 1. The van der Waals surface area contributed by atoms with Gasteiger partial charge in [-0.25, -0.2) is 0 Å². The van der Waals surface area contributed by atoms with Gasteiger partial charge in [0.2, 0.25) is 0 Å². The zero-order chi connectivity index (χ0) is 12.3. The van der Waals surface area contributed by atoms with Gasteiger partial charge >= 0.3 is 5.97 Å². The van der Waals surface area contributed by atoms with Crippen molar-refractivity contribution in [3.63, 3.8) is 0 Å². The summed E-state index contributed by atoms with van der Waals surface area (Å²) in [5.74, 6) is -0.978. The third-order valence-corrected chi connectivity index (χ3v) is 3.06. The Kier molecular flexibility index (Phi) is 4.06. The molecule has 0 bridgehead atoms. The molecule has 2 unspecified atom stereocenters. The second-order valence-corrected chi connectivity index (χ2v) is 4.09. The predicted molar refractivity (Wildman–Crippen MR) is 61.2 cm³/mol. The van der Waals surface area contributed by atoms with Crippen molar-refractivity contribution >= 4 is 5.97 Å². The first-order chi connectivity index (χ1) is 7.47. The second kappa shape index (κ2) is 5.12. The number of nitrogens with two attached hydrogens (primary N) is 1. The standard InChI is InChI=1S/C11H19N3O2/c1-4-10(12)8(5-11(15)16)9-6-13-14(3)7(9)2/h6,8,10H,4-5,12H2,1-3H3,(H,15,16). The van der Waals surface area contributed by atoms with Crippen LogP contribution in [0.2, 0.25) is 0 Å². The minimum Gasteiger partial charge on any atom is -0.481 e. The number of carboxylic acids is 1. The Bertz CT molecular complexity index is 373. The van der Waals surface area contributed by atoms with Crippen molar-refractivity contribution in [3.8, 4) is 0 Å². The van der Waals surface area contributed by atoms with Crippen LogP contribution in [-0.4, -0.2) is 26.9 Å². The maximum atomic E-state index is 10.8. The number of aliphatic carboxylic acids is 1. The Balaban J connectivity index is 3.00. The largest absolute Gasteiger partial charge is 0.481 e. The van der Waals surface area contributed by atoms with E-state index in [2.05, 4.69) is 5.10 Å². The summed E-state index contributed by atoms with van der Waals surface area (Å²) in [7, 11) is 1.84. The maximum Gasteiger partial charge on any atom is 0.304 e. The highest BCUT2D eigenvalue weighted by molar-refractivity contribution is 5.68. The Hall–Kier alpha value is -1.36. The van der Waals surface area contributed by atoms with Crippen LogP contribution in [0.25, 0.3) is 0 Å². The zero-order valence-electron chi connectivity index (χ0n) is 9.97. The molecule has 1 aromatic heterocycles. The quantitative estimate of drug-likeness (QED) is 0.784. The molecule has 90 valence electrons. The molecule has 0 aliphatic rings. The molecule has 0 saturated carbocycles. The fourth-order valence-electron chi connectivity index (χ4n) is 1.84. The van der Waals surface area contributed by atoms with Crippen LogP contribution in [0.5, 0.6) is 0 Å². The average Bonchev–Trinajstić information content (AvgIpc) is 2.55. The van der Waals surface area contributed by atoms with Crippen molar-refractivity contribution in [2.45, 2.75) is 38.6 Å². The van der Waals surface area contributed by atoms with Gasteiger partial charge in [-0.3, -0.25) is 9.48 Å². The lowest BCUT2D eigenvalue weighted by Crippen LogP contribution is -2.29. The Morgan fingerprint density at radius 2 is 2.31 bits per heavy atom. The summed E-state index contributed by atoms with van der Waals surface area (Å²) >= 11 is 0. The molecule has 0 aromatic carbocycles. The van der Waals surface area contributed by atoms with Crippen LogP contribution in [-0.2, 0) is 11.8 Å². The summed E-state index contributed by atoms with van der Waals surface area (Å²) in [6.07, 6.45) is 2.53. The van der Waals surface area contributed by atoms with E-state index in [1.54, 1.807) is 10.9 Å². The van der Waals surface area contributed by atoms with Gasteiger partial charge < -0.3 is 10.8 Å². The number of rotatable bonds is 5. The number of aromatic nitrogens is 2. The number of carbonyl (C=O) groups is 1. The number of hydrogen-bond acceptors (Lipinski definition) is 3. The van der Waals surface area contributed by atoms with Crippen LogP contribution < -0.4 is 5.73 Å². The van der Waals surface area contributed by atoms with Crippen LogP contribution in [0.15, 0.2) is 6.20 Å². The van der Waals surface area contributed by atoms with E-state index in [0.29, 0.717) is 0 Å². The molecule has 1 rings (SSSR count). The Morgan fingerprint density at radius 3 is 2.69 bits per heavy atom. The summed E-state index contributed by atoms with van der Waals surface area (Å²) < 4.78 is 1.74. The monoisotopic (exact) mass is 225 g/mol. The van der Waals surface area contributed by atoms with Gasteiger partial charge in [-0.15, -0.1) is 0 Å². The molecule has 1 heterocycles. The topological polar surface area (TPSA) is 81.1 Å². The normalized spacial score (nSPS) is 14.8. The van der Waals surface area contributed by atoms with Gasteiger partial charge in [0.25, 0.3) is 0 Å². The van der Waals surface area contributed by atoms with E-state index < -0.39 is 5.97 Å². The van der Waals surface area contributed by atoms with Gasteiger partial charge in [0.1, 0.15) is 0 Å². The van der Waals surface area contributed by atoms with Crippen molar-refractivity contribution in [2.24, 2.45) is 12.8 Å². The predicted octanol–water partition coefficient (Wildman–Crippen LogP) is 1.02.